The number of urea groups is 1. The Kier molecular flexibility index (Phi) is 5.13. The molecule has 0 aromatic carbocycles. The van der Waals surface area contributed by atoms with Gasteiger partial charge in [-0.2, -0.15) is 0 Å². The van der Waals surface area contributed by atoms with Crippen LogP contribution in [0.15, 0.2) is 11.4 Å². The Morgan fingerprint density at radius 1 is 1.23 bits per heavy atom. The van der Waals surface area contributed by atoms with Gasteiger partial charge >= 0.3 is 6.03 Å². The number of carbonyl (C=O) groups is 2. The van der Waals surface area contributed by atoms with Gasteiger partial charge < -0.3 is 5.32 Å². The van der Waals surface area contributed by atoms with Gasteiger partial charge in [0.1, 0.15) is 16.2 Å². The van der Waals surface area contributed by atoms with Crippen LogP contribution in [0.3, 0.4) is 0 Å². The Bertz CT molecular complexity index is 845. The van der Waals surface area contributed by atoms with Gasteiger partial charge in [-0.15, -0.1) is 11.3 Å². The number of aromatic nitrogens is 2. The number of nitrogens with zero attached hydrogens (tertiary/aromatic N) is 2. The largest absolute Gasteiger partial charge is 0.335 e. The molecule has 0 bridgehead atoms. The third-order valence-corrected chi connectivity index (χ3v) is 7.35. The minimum absolute atomic E-state index is 0.195. The van der Waals surface area contributed by atoms with E-state index in [0.29, 0.717) is 0 Å². The predicted molar refractivity (Wildman–Crippen MR) is 104 cm³/mol. The van der Waals surface area contributed by atoms with Gasteiger partial charge in [0.15, 0.2) is 0 Å². The Morgan fingerprint density at radius 3 is 2.85 bits per heavy atom. The molecule has 4 rings (SSSR count). The molecule has 2 aliphatic carbocycles. The van der Waals surface area contributed by atoms with Crippen molar-refractivity contribution < 1.29 is 9.59 Å². The van der Waals surface area contributed by atoms with E-state index < -0.39 is 11.3 Å². The molecule has 3 amide bonds. The molecular weight excluding hydrogens is 368 g/mol. The Balaban J connectivity index is 1.42. The number of carbonyl (C=O) groups excluding carboxylic acids is 2. The van der Waals surface area contributed by atoms with Crippen molar-refractivity contribution in [2.75, 3.05) is 0 Å². The van der Waals surface area contributed by atoms with E-state index in [9.17, 15) is 9.59 Å². The number of rotatable bonds is 4. The minimum Gasteiger partial charge on any atom is -0.335 e. The standard InChI is InChI=1S/C18H22N4O2S2/c1-10(15(23)22-18(24)21-11-5-2-3-6-11)25-16-14-12-7-4-8-13(12)26-17(14)20-9-19-16/h9-11H,2-8H2,1H3,(H2,21,22,23,24)/t10-/m1/s1. The number of hydrogen-bond donors (Lipinski definition) is 2. The summed E-state index contributed by atoms with van der Waals surface area (Å²) < 4.78 is 0. The lowest BCUT2D eigenvalue weighted by Crippen LogP contribution is -2.45. The molecule has 1 fully saturated rings. The van der Waals surface area contributed by atoms with Crippen molar-refractivity contribution in [1.29, 1.82) is 0 Å². The van der Waals surface area contributed by atoms with E-state index in [1.54, 1.807) is 17.7 Å². The zero-order valence-electron chi connectivity index (χ0n) is 14.7. The van der Waals surface area contributed by atoms with Gasteiger partial charge in [0.25, 0.3) is 0 Å². The highest BCUT2D eigenvalue weighted by Gasteiger charge is 2.25. The monoisotopic (exact) mass is 390 g/mol. The summed E-state index contributed by atoms with van der Waals surface area (Å²) >= 11 is 3.14. The molecule has 26 heavy (non-hydrogen) atoms. The number of aryl methyl sites for hydroxylation is 2. The van der Waals surface area contributed by atoms with Gasteiger partial charge in [-0.05, 0) is 44.6 Å². The van der Waals surface area contributed by atoms with E-state index in [1.165, 1.54) is 28.6 Å². The van der Waals surface area contributed by atoms with Gasteiger partial charge in [-0.25, -0.2) is 14.8 Å². The molecule has 0 radical (unpaired) electrons. The van der Waals surface area contributed by atoms with Crippen LogP contribution >= 0.6 is 23.1 Å². The average Bonchev–Trinajstić information content (AvgIpc) is 3.31. The molecule has 2 N–H and O–H groups in total. The van der Waals surface area contributed by atoms with E-state index in [2.05, 4.69) is 20.6 Å². The molecule has 0 aliphatic heterocycles. The second-order valence-electron chi connectivity index (χ2n) is 6.92. The molecule has 2 aromatic heterocycles. The zero-order valence-corrected chi connectivity index (χ0v) is 16.3. The van der Waals surface area contributed by atoms with Crippen molar-refractivity contribution in [3.8, 4) is 0 Å². The normalized spacial score (nSPS) is 18.0. The molecule has 0 spiro atoms. The predicted octanol–water partition coefficient (Wildman–Crippen LogP) is 3.43. The number of amides is 3. The number of thioether (sulfide) groups is 1. The Morgan fingerprint density at radius 2 is 2.04 bits per heavy atom. The third-order valence-electron chi connectivity index (χ3n) is 5.05. The van der Waals surface area contributed by atoms with Crippen LogP contribution in [-0.4, -0.2) is 33.2 Å². The summed E-state index contributed by atoms with van der Waals surface area (Å²) in [7, 11) is 0. The van der Waals surface area contributed by atoms with Crippen LogP contribution in [0.2, 0.25) is 0 Å². The topological polar surface area (TPSA) is 84.0 Å². The number of nitrogens with one attached hydrogen (secondary N) is 2. The molecule has 1 saturated carbocycles. The van der Waals surface area contributed by atoms with Crippen molar-refractivity contribution in [1.82, 2.24) is 20.6 Å². The van der Waals surface area contributed by atoms with Crippen LogP contribution in [0.5, 0.6) is 0 Å². The molecule has 2 aromatic rings. The van der Waals surface area contributed by atoms with Crippen LogP contribution in [0.1, 0.15) is 49.5 Å². The smallest absolute Gasteiger partial charge is 0.321 e. The second kappa shape index (κ2) is 7.52. The van der Waals surface area contributed by atoms with E-state index >= 15 is 0 Å². The fourth-order valence-electron chi connectivity index (χ4n) is 3.72. The van der Waals surface area contributed by atoms with Gasteiger partial charge in [0, 0.05) is 16.3 Å². The van der Waals surface area contributed by atoms with Crippen LogP contribution in [0.4, 0.5) is 4.79 Å². The molecule has 6 nitrogen and oxygen atoms in total. The lowest BCUT2D eigenvalue weighted by Gasteiger charge is -2.15. The van der Waals surface area contributed by atoms with Gasteiger partial charge in [-0.1, -0.05) is 24.6 Å². The van der Waals surface area contributed by atoms with Crippen LogP contribution < -0.4 is 10.6 Å². The minimum atomic E-state index is -0.403. The lowest BCUT2D eigenvalue weighted by atomic mass is 10.2. The molecule has 1 atom stereocenters. The fourth-order valence-corrected chi connectivity index (χ4v) is 5.96. The fraction of sp³-hybridized carbons (Fsp3) is 0.556. The quantitative estimate of drug-likeness (QED) is 0.617. The molecular formula is C18H22N4O2S2. The lowest BCUT2D eigenvalue weighted by molar-refractivity contribution is -0.119. The average molecular weight is 391 g/mol. The van der Waals surface area contributed by atoms with E-state index in [4.69, 9.17) is 0 Å². The Hall–Kier alpha value is -1.67. The second-order valence-corrected chi connectivity index (χ2v) is 9.33. The maximum atomic E-state index is 12.4. The van der Waals surface area contributed by atoms with Crippen LogP contribution in [-0.2, 0) is 17.6 Å². The number of hydrogen-bond acceptors (Lipinski definition) is 6. The van der Waals surface area contributed by atoms with Crippen molar-refractivity contribution in [2.24, 2.45) is 0 Å². The van der Waals surface area contributed by atoms with Crippen molar-refractivity contribution >= 4 is 45.3 Å². The summed E-state index contributed by atoms with van der Waals surface area (Å²) in [5.41, 5.74) is 1.35. The first-order valence-electron chi connectivity index (χ1n) is 9.15. The first kappa shape index (κ1) is 17.7. The van der Waals surface area contributed by atoms with Crippen LogP contribution in [0, 0.1) is 0 Å². The number of fused-ring (bicyclic) bond motifs is 3. The van der Waals surface area contributed by atoms with Crippen molar-refractivity contribution in [3.63, 3.8) is 0 Å². The maximum absolute atomic E-state index is 12.4. The molecule has 138 valence electrons. The molecule has 0 saturated heterocycles. The van der Waals surface area contributed by atoms with E-state index in [0.717, 1.165) is 53.8 Å². The number of imide groups is 1. The Labute approximate surface area is 160 Å². The van der Waals surface area contributed by atoms with Crippen LogP contribution in [0.25, 0.3) is 10.2 Å². The SMILES string of the molecule is C[C@@H](Sc1ncnc2sc3c(c12)CCC3)C(=O)NC(=O)NC1CCCC1. The molecule has 8 heteroatoms. The summed E-state index contributed by atoms with van der Waals surface area (Å²) in [6.07, 6.45) is 9.17. The first-order valence-corrected chi connectivity index (χ1v) is 10.8. The highest BCUT2D eigenvalue weighted by Crippen LogP contribution is 2.40. The zero-order chi connectivity index (χ0) is 18.1. The third kappa shape index (κ3) is 3.57. The molecule has 2 heterocycles. The maximum Gasteiger partial charge on any atom is 0.321 e. The molecule has 0 unspecified atom stereocenters. The highest BCUT2D eigenvalue weighted by atomic mass is 32.2. The van der Waals surface area contributed by atoms with E-state index in [1.807, 2.05) is 6.92 Å². The highest BCUT2D eigenvalue weighted by molar-refractivity contribution is 8.00. The summed E-state index contributed by atoms with van der Waals surface area (Å²) in [6, 6.07) is -0.195. The first-order chi connectivity index (χ1) is 12.6. The summed E-state index contributed by atoms with van der Waals surface area (Å²) in [4.78, 5) is 35.6. The van der Waals surface area contributed by atoms with Crippen molar-refractivity contribution in [2.45, 2.75) is 68.2 Å². The number of thiophene rings is 1. The summed E-state index contributed by atoms with van der Waals surface area (Å²) in [5, 5.41) is 6.89. The molecule has 2 aliphatic rings. The van der Waals surface area contributed by atoms with Gasteiger partial charge in [-0.3, -0.25) is 10.1 Å². The van der Waals surface area contributed by atoms with Gasteiger partial charge in [0.05, 0.1) is 5.25 Å². The van der Waals surface area contributed by atoms with Gasteiger partial charge in [0.2, 0.25) is 5.91 Å². The summed E-state index contributed by atoms with van der Waals surface area (Å²) in [6.45, 7) is 1.81. The van der Waals surface area contributed by atoms with Crippen molar-refractivity contribution in [3.05, 3.63) is 16.8 Å². The summed E-state index contributed by atoms with van der Waals surface area (Å²) in [5.74, 6) is -0.288. The van der Waals surface area contributed by atoms with E-state index in [-0.39, 0.29) is 11.9 Å².